The Balaban J connectivity index is 1.89. The van der Waals surface area contributed by atoms with Crippen LogP contribution < -0.4 is 5.73 Å². The standard InChI is InChI=1S/C15H21N3O3/c1-11-3-4-13(16)12(9-11)15(20)21-10-14(19)18-7-5-17(2)6-8-18/h3-4,9H,5-8,10,16H2,1-2H3. The van der Waals surface area contributed by atoms with Crippen LogP contribution in [0.25, 0.3) is 0 Å². The second kappa shape index (κ2) is 6.58. The average Bonchev–Trinajstić information content (AvgIpc) is 2.47. The molecule has 1 amide bonds. The van der Waals surface area contributed by atoms with Crippen molar-refractivity contribution in [3.8, 4) is 0 Å². The Kier molecular flexibility index (Phi) is 4.80. The van der Waals surface area contributed by atoms with Crippen LogP contribution in [-0.2, 0) is 9.53 Å². The minimum Gasteiger partial charge on any atom is -0.452 e. The lowest BCUT2D eigenvalue weighted by atomic mass is 10.1. The van der Waals surface area contributed by atoms with Crippen molar-refractivity contribution in [1.82, 2.24) is 9.80 Å². The van der Waals surface area contributed by atoms with Crippen molar-refractivity contribution in [2.75, 3.05) is 45.6 Å². The van der Waals surface area contributed by atoms with E-state index in [4.69, 9.17) is 10.5 Å². The summed E-state index contributed by atoms with van der Waals surface area (Å²) in [4.78, 5) is 27.8. The number of nitrogen functional groups attached to an aromatic ring is 1. The van der Waals surface area contributed by atoms with Gasteiger partial charge < -0.3 is 20.3 Å². The Labute approximate surface area is 124 Å². The highest BCUT2D eigenvalue weighted by Crippen LogP contribution is 2.15. The van der Waals surface area contributed by atoms with Crippen LogP contribution in [0.4, 0.5) is 5.69 Å². The molecule has 1 aromatic carbocycles. The van der Waals surface area contributed by atoms with E-state index >= 15 is 0 Å². The number of hydrogen-bond donors (Lipinski definition) is 1. The summed E-state index contributed by atoms with van der Waals surface area (Å²) < 4.78 is 5.08. The molecule has 0 spiro atoms. The minimum absolute atomic E-state index is 0.164. The fraction of sp³-hybridized carbons (Fsp3) is 0.467. The van der Waals surface area contributed by atoms with Crippen LogP contribution in [0.5, 0.6) is 0 Å². The molecule has 0 unspecified atom stereocenters. The largest absolute Gasteiger partial charge is 0.452 e. The molecule has 0 bridgehead atoms. The SMILES string of the molecule is Cc1ccc(N)c(C(=O)OCC(=O)N2CCN(C)CC2)c1. The molecule has 1 fully saturated rings. The molecule has 1 aliphatic heterocycles. The van der Waals surface area contributed by atoms with E-state index in [1.165, 1.54) is 0 Å². The molecule has 0 aliphatic carbocycles. The Morgan fingerprint density at radius 2 is 1.90 bits per heavy atom. The number of nitrogens with zero attached hydrogens (tertiary/aromatic N) is 2. The smallest absolute Gasteiger partial charge is 0.340 e. The minimum atomic E-state index is -0.557. The quantitative estimate of drug-likeness (QED) is 0.648. The zero-order valence-corrected chi connectivity index (χ0v) is 12.5. The Bertz CT molecular complexity index is 537. The highest BCUT2D eigenvalue weighted by atomic mass is 16.5. The second-order valence-electron chi connectivity index (χ2n) is 5.35. The number of likely N-dealkylation sites (N-methyl/N-ethyl adjacent to an activating group) is 1. The maximum absolute atomic E-state index is 12.0. The molecule has 0 atom stereocenters. The molecule has 0 aromatic heterocycles. The van der Waals surface area contributed by atoms with Crippen molar-refractivity contribution in [2.24, 2.45) is 0 Å². The molecule has 1 aliphatic rings. The van der Waals surface area contributed by atoms with Gasteiger partial charge in [-0.2, -0.15) is 0 Å². The molecule has 21 heavy (non-hydrogen) atoms. The summed E-state index contributed by atoms with van der Waals surface area (Å²) in [6, 6.07) is 5.15. The molecule has 6 heteroatoms. The van der Waals surface area contributed by atoms with E-state index in [1.807, 2.05) is 20.0 Å². The van der Waals surface area contributed by atoms with Crippen LogP contribution in [0.3, 0.4) is 0 Å². The van der Waals surface area contributed by atoms with E-state index < -0.39 is 5.97 Å². The van der Waals surface area contributed by atoms with Gasteiger partial charge >= 0.3 is 5.97 Å². The van der Waals surface area contributed by atoms with E-state index in [9.17, 15) is 9.59 Å². The third kappa shape index (κ3) is 3.95. The number of amides is 1. The topological polar surface area (TPSA) is 75.9 Å². The number of piperazine rings is 1. The van der Waals surface area contributed by atoms with Crippen LogP contribution in [0, 0.1) is 6.92 Å². The van der Waals surface area contributed by atoms with E-state index in [0.717, 1.165) is 18.7 Å². The summed E-state index contributed by atoms with van der Waals surface area (Å²) in [5, 5.41) is 0. The van der Waals surface area contributed by atoms with Gasteiger partial charge in [0.15, 0.2) is 6.61 Å². The predicted octanol–water partition coefficient (Wildman–Crippen LogP) is 0.508. The molecule has 0 saturated carbocycles. The van der Waals surface area contributed by atoms with Crippen molar-refractivity contribution in [2.45, 2.75) is 6.92 Å². The summed E-state index contributed by atoms with van der Waals surface area (Å²) in [6.07, 6.45) is 0. The van der Waals surface area contributed by atoms with Crippen molar-refractivity contribution >= 4 is 17.6 Å². The first-order chi connectivity index (χ1) is 9.97. The van der Waals surface area contributed by atoms with E-state index in [2.05, 4.69) is 4.90 Å². The predicted molar refractivity (Wildman–Crippen MR) is 80.0 cm³/mol. The number of rotatable bonds is 3. The Hall–Kier alpha value is -2.08. The van der Waals surface area contributed by atoms with Gasteiger partial charge in [-0.15, -0.1) is 0 Å². The number of carbonyl (C=O) groups is 2. The molecular formula is C15H21N3O3. The van der Waals surface area contributed by atoms with Gasteiger partial charge in [0.25, 0.3) is 5.91 Å². The van der Waals surface area contributed by atoms with Crippen LogP contribution in [0.15, 0.2) is 18.2 Å². The van der Waals surface area contributed by atoms with Gasteiger partial charge in [0.05, 0.1) is 5.56 Å². The van der Waals surface area contributed by atoms with Crippen molar-refractivity contribution in [3.05, 3.63) is 29.3 Å². The van der Waals surface area contributed by atoms with E-state index in [1.54, 1.807) is 17.0 Å². The van der Waals surface area contributed by atoms with Gasteiger partial charge in [0.1, 0.15) is 0 Å². The maximum atomic E-state index is 12.0. The molecule has 2 N–H and O–H groups in total. The molecule has 2 rings (SSSR count). The summed E-state index contributed by atoms with van der Waals surface area (Å²) >= 11 is 0. The van der Waals surface area contributed by atoms with Gasteiger partial charge in [-0.25, -0.2) is 4.79 Å². The monoisotopic (exact) mass is 291 g/mol. The number of nitrogens with two attached hydrogens (primary N) is 1. The number of anilines is 1. The number of aryl methyl sites for hydroxylation is 1. The van der Waals surface area contributed by atoms with Gasteiger partial charge in [-0.3, -0.25) is 4.79 Å². The lowest BCUT2D eigenvalue weighted by Gasteiger charge is -2.32. The molecule has 1 saturated heterocycles. The van der Waals surface area contributed by atoms with Crippen molar-refractivity contribution in [1.29, 1.82) is 0 Å². The molecule has 6 nitrogen and oxygen atoms in total. The average molecular weight is 291 g/mol. The van der Waals surface area contributed by atoms with E-state index in [0.29, 0.717) is 24.3 Å². The first kappa shape index (κ1) is 15.3. The zero-order chi connectivity index (χ0) is 15.4. The Morgan fingerprint density at radius 1 is 1.24 bits per heavy atom. The van der Waals surface area contributed by atoms with Crippen LogP contribution in [-0.4, -0.2) is 61.5 Å². The number of carbonyl (C=O) groups excluding carboxylic acids is 2. The summed E-state index contributed by atoms with van der Waals surface area (Å²) in [7, 11) is 2.02. The maximum Gasteiger partial charge on any atom is 0.340 e. The van der Waals surface area contributed by atoms with Gasteiger partial charge in [0.2, 0.25) is 0 Å². The van der Waals surface area contributed by atoms with Crippen molar-refractivity contribution in [3.63, 3.8) is 0 Å². The van der Waals surface area contributed by atoms with E-state index in [-0.39, 0.29) is 12.5 Å². The molecule has 1 heterocycles. The van der Waals surface area contributed by atoms with Crippen LogP contribution >= 0.6 is 0 Å². The molecule has 0 radical (unpaired) electrons. The third-order valence-electron chi connectivity index (χ3n) is 3.61. The van der Waals surface area contributed by atoms with Gasteiger partial charge in [0, 0.05) is 31.9 Å². The second-order valence-corrected chi connectivity index (χ2v) is 5.35. The summed E-state index contributed by atoms with van der Waals surface area (Å²) in [5.74, 6) is -0.721. The molecule has 1 aromatic rings. The zero-order valence-electron chi connectivity index (χ0n) is 12.5. The number of esters is 1. The molecule has 114 valence electrons. The fourth-order valence-corrected chi connectivity index (χ4v) is 2.20. The lowest BCUT2D eigenvalue weighted by Crippen LogP contribution is -2.48. The third-order valence-corrected chi connectivity index (χ3v) is 3.61. The lowest BCUT2D eigenvalue weighted by molar-refractivity contribution is -0.136. The summed E-state index contributed by atoms with van der Waals surface area (Å²) in [6.45, 7) is 4.63. The summed E-state index contributed by atoms with van der Waals surface area (Å²) in [5.41, 5.74) is 7.34. The Morgan fingerprint density at radius 3 is 2.57 bits per heavy atom. The van der Waals surface area contributed by atoms with Crippen LogP contribution in [0.2, 0.25) is 0 Å². The van der Waals surface area contributed by atoms with Gasteiger partial charge in [-0.05, 0) is 26.1 Å². The highest BCUT2D eigenvalue weighted by molar-refractivity contribution is 5.96. The number of benzene rings is 1. The number of ether oxygens (including phenoxy) is 1. The van der Waals surface area contributed by atoms with Crippen molar-refractivity contribution < 1.29 is 14.3 Å². The highest BCUT2D eigenvalue weighted by Gasteiger charge is 2.21. The van der Waals surface area contributed by atoms with Crippen LogP contribution in [0.1, 0.15) is 15.9 Å². The normalized spacial score (nSPS) is 15.8. The number of hydrogen-bond acceptors (Lipinski definition) is 5. The fourth-order valence-electron chi connectivity index (χ4n) is 2.20. The first-order valence-electron chi connectivity index (χ1n) is 6.97. The molecular weight excluding hydrogens is 270 g/mol. The first-order valence-corrected chi connectivity index (χ1v) is 6.97. The van der Waals surface area contributed by atoms with Gasteiger partial charge in [-0.1, -0.05) is 11.6 Å².